The van der Waals surface area contributed by atoms with Crippen molar-refractivity contribution in [2.24, 2.45) is 5.92 Å². The largest absolute Gasteiger partial charge is 0.445 e. The molecule has 3 aliphatic rings. The van der Waals surface area contributed by atoms with Gasteiger partial charge >= 0.3 is 12.1 Å². The van der Waals surface area contributed by atoms with Gasteiger partial charge in [-0.05, 0) is 74.2 Å². The molecule has 2 aliphatic carbocycles. The Kier molecular flexibility index (Phi) is 7.78. The fraction of sp³-hybridized carbons (Fsp3) is 0.548. The van der Waals surface area contributed by atoms with E-state index in [1.54, 1.807) is 4.90 Å². The highest BCUT2D eigenvalue weighted by Crippen LogP contribution is 2.54. The smallest absolute Gasteiger partial charge is 0.410 e. The molecule has 1 heterocycles. The van der Waals surface area contributed by atoms with Gasteiger partial charge in [-0.15, -0.1) is 0 Å². The zero-order chi connectivity index (χ0) is 26.8. The lowest BCUT2D eigenvalue weighted by atomic mass is 9.55. The van der Waals surface area contributed by atoms with E-state index < -0.39 is 0 Å². The number of hydrogen-bond donors (Lipinski definition) is 0. The average Bonchev–Trinajstić information content (AvgIpc) is 3.75. The van der Waals surface area contributed by atoms with Crippen LogP contribution in [0.15, 0.2) is 54.6 Å². The lowest BCUT2D eigenvalue weighted by Gasteiger charge is -2.60. The van der Waals surface area contributed by atoms with E-state index in [9.17, 15) is 9.59 Å². The Morgan fingerprint density at radius 2 is 1.84 bits per heavy atom. The van der Waals surface area contributed by atoms with Crippen LogP contribution < -0.4 is 4.74 Å². The number of nitrogens with zero attached hydrogens (tertiary/aromatic N) is 2. The van der Waals surface area contributed by atoms with Crippen molar-refractivity contribution in [2.75, 3.05) is 33.8 Å². The Hall–Kier alpha value is -2.90. The minimum Gasteiger partial charge on any atom is -0.445 e. The second-order valence-electron chi connectivity index (χ2n) is 11.4. The minimum absolute atomic E-state index is 0.00825. The Morgan fingerprint density at radius 1 is 1.05 bits per heavy atom. The fourth-order valence-corrected chi connectivity index (χ4v) is 6.71. The van der Waals surface area contributed by atoms with E-state index in [0.29, 0.717) is 5.75 Å². The molecule has 0 radical (unpaired) electrons. The van der Waals surface area contributed by atoms with Gasteiger partial charge in [-0.25, -0.2) is 4.79 Å². The van der Waals surface area contributed by atoms with Crippen molar-refractivity contribution in [3.05, 3.63) is 65.7 Å². The van der Waals surface area contributed by atoms with Crippen LogP contribution in [0.4, 0.5) is 4.79 Å². The summed E-state index contributed by atoms with van der Waals surface area (Å²) in [5.41, 5.74) is 1.37. The first-order valence-corrected chi connectivity index (χ1v) is 13.8. The summed E-state index contributed by atoms with van der Waals surface area (Å²) in [7, 11) is 3.69. The highest BCUT2D eigenvalue weighted by atomic mass is 16.6. The molecule has 0 N–H and O–H groups in total. The molecule has 1 saturated heterocycles. The Labute approximate surface area is 226 Å². The summed E-state index contributed by atoms with van der Waals surface area (Å²) in [5, 5.41) is 0. The quantitative estimate of drug-likeness (QED) is 0.353. The maximum atomic E-state index is 13.1. The Morgan fingerprint density at radius 3 is 2.55 bits per heavy atom. The normalized spacial score (nSPS) is 27.3. The second kappa shape index (κ2) is 11.1. The molecule has 0 bridgehead atoms. The van der Waals surface area contributed by atoms with E-state index in [4.69, 9.17) is 14.2 Å². The number of ether oxygens (including phenoxy) is 3. The van der Waals surface area contributed by atoms with Crippen LogP contribution in [0.25, 0.3) is 0 Å². The lowest BCUT2D eigenvalue weighted by Crippen LogP contribution is -2.68. The summed E-state index contributed by atoms with van der Waals surface area (Å²) in [6.07, 6.45) is 5.70. The molecule has 1 aliphatic heterocycles. The maximum absolute atomic E-state index is 13.1. The van der Waals surface area contributed by atoms with Crippen molar-refractivity contribution in [1.82, 2.24) is 9.80 Å². The van der Waals surface area contributed by atoms with Crippen LogP contribution in [-0.2, 0) is 26.3 Å². The van der Waals surface area contributed by atoms with Crippen molar-refractivity contribution in [2.45, 2.75) is 69.1 Å². The van der Waals surface area contributed by atoms with Crippen LogP contribution >= 0.6 is 0 Å². The number of benzene rings is 2. The number of piperidine rings is 1. The first-order chi connectivity index (χ1) is 18.3. The molecule has 0 aromatic heterocycles. The molecule has 2 aromatic carbocycles. The number of fused-ring (bicyclic) bond motifs is 1. The van der Waals surface area contributed by atoms with Crippen LogP contribution in [0.1, 0.15) is 56.6 Å². The lowest BCUT2D eigenvalue weighted by molar-refractivity contribution is -0.154. The Balaban J connectivity index is 1.41. The van der Waals surface area contributed by atoms with Crippen molar-refractivity contribution < 1.29 is 23.8 Å². The first-order valence-electron chi connectivity index (χ1n) is 13.8. The first kappa shape index (κ1) is 26.7. The molecule has 2 saturated carbocycles. The molecule has 7 nitrogen and oxygen atoms in total. The summed E-state index contributed by atoms with van der Waals surface area (Å²) in [6, 6.07) is 17.7. The van der Waals surface area contributed by atoms with Crippen molar-refractivity contribution >= 4 is 12.1 Å². The number of carbonyl (C=O) groups excluding carboxylic acids is 2. The predicted molar refractivity (Wildman–Crippen MR) is 145 cm³/mol. The molecule has 204 valence electrons. The zero-order valence-corrected chi connectivity index (χ0v) is 22.9. The Bertz CT molecular complexity index is 1140. The predicted octanol–water partition coefficient (Wildman–Crippen LogP) is 5.17. The topological polar surface area (TPSA) is 68.3 Å². The van der Waals surface area contributed by atoms with E-state index in [1.807, 2.05) is 62.7 Å². The van der Waals surface area contributed by atoms with Gasteiger partial charge in [0.05, 0.1) is 5.60 Å². The van der Waals surface area contributed by atoms with E-state index in [1.165, 1.54) is 19.8 Å². The molecule has 1 amide bonds. The molecule has 5 rings (SSSR count). The standard InChI is InChI=1S/C31H40N2O5/c1-23(34)38-28-11-7-10-26(18-28)30-16-17-33(20-24-12-13-24)22-31(30,36-3)15-14-27(19-30)32(2)29(35)37-21-25-8-5-4-6-9-25/h4-11,18,24,27H,12-17,19-22H2,1-3H3/t27-,30-,31-/m0/s1. The third-order valence-corrected chi connectivity index (χ3v) is 8.96. The van der Waals surface area contributed by atoms with Crippen LogP contribution in [-0.4, -0.2) is 67.3 Å². The number of amides is 1. The van der Waals surface area contributed by atoms with Crippen LogP contribution in [0.5, 0.6) is 5.75 Å². The molecule has 38 heavy (non-hydrogen) atoms. The van der Waals surface area contributed by atoms with Gasteiger partial charge in [0.25, 0.3) is 0 Å². The van der Waals surface area contributed by atoms with Gasteiger partial charge in [0.15, 0.2) is 0 Å². The minimum atomic E-state index is -0.389. The van der Waals surface area contributed by atoms with Crippen molar-refractivity contribution in [3.63, 3.8) is 0 Å². The monoisotopic (exact) mass is 520 g/mol. The zero-order valence-electron chi connectivity index (χ0n) is 22.9. The number of carbonyl (C=O) groups is 2. The highest BCUT2D eigenvalue weighted by molar-refractivity contribution is 5.69. The van der Waals surface area contributed by atoms with Gasteiger partial charge in [0.2, 0.25) is 0 Å². The van der Waals surface area contributed by atoms with E-state index in [2.05, 4.69) is 11.0 Å². The van der Waals surface area contributed by atoms with E-state index in [-0.39, 0.29) is 35.7 Å². The summed E-state index contributed by atoms with van der Waals surface area (Å²) >= 11 is 0. The SMILES string of the molecule is CO[C@]12CC[C@H](N(C)C(=O)OCc3ccccc3)C[C@]1(c1cccc(OC(C)=O)c1)CCN(CC1CC1)C2. The summed E-state index contributed by atoms with van der Waals surface area (Å²) < 4.78 is 17.7. The summed E-state index contributed by atoms with van der Waals surface area (Å²) in [5.74, 6) is 1.03. The molecule has 7 heteroatoms. The van der Waals surface area contributed by atoms with Gasteiger partial charge in [0.1, 0.15) is 12.4 Å². The molecule has 0 unspecified atom stereocenters. The van der Waals surface area contributed by atoms with Crippen LogP contribution in [0, 0.1) is 5.92 Å². The van der Waals surface area contributed by atoms with Gasteiger partial charge in [-0.2, -0.15) is 0 Å². The summed E-state index contributed by atoms with van der Waals surface area (Å²) in [6.45, 7) is 4.66. The molecular weight excluding hydrogens is 480 g/mol. The van der Waals surface area contributed by atoms with Crippen LogP contribution in [0.2, 0.25) is 0 Å². The average molecular weight is 521 g/mol. The summed E-state index contributed by atoms with van der Waals surface area (Å²) in [4.78, 5) is 29.2. The van der Waals surface area contributed by atoms with Crippen molar-refractivity contribution in [1.29, 1.82) is 0 Å². The molecule has 3 atom stereocenters. The maximum Gasteiger partial charge on any atom is 0.410 e. The molecule has 0 spiro atoms. The molecular formula is C31H40N2O5. The molecule has 3 fully saturated rings. The number of esters is 1. The number of rotatable bonds is 8. The highest BCUT2D eigenvalue weighted by Gasteiger charge is 2.59. The third-order valence-electron chi connectivity index (χ3n) is 8.96. The number of likely N-dealkylation sites (tertiary alicyclic amines) is 1. The number of hydrogen-bond acceptors (Lipinski definition) is 6. The second-order valence-corrected chi connectivity index (χ2v) is 11.4. The third kappa shape index (κ3) is 5.45. The van der Waals surface area contributed by atoms with Gasteiger partial charge in [0, 0.05) is 45.6 Å². The number of methoxy groups -OCH3 is 1. The van der Waals surface area contributed by atoms with Gasteiger partial charge in [-0.1, -0.05) is 42.5 Å². The van der Waals surface area contributed by atoms with Gasteiger partial charge in [-0.3, -0.25) is 4.79 Å². The van der Waals surface area contributed by atoms with Crippen molar-refractivity contribution in [3.8, 4) is 5.75 Å². The van der Waals surface area contributed by atoms with E-state index in [0.717, 1.165) is 62.4 Å². The van der Waals surface area contributed by atoms with Gasteiger partial charge < -0.3 is 24.0 Å². The molecule has 2 aromatic rings. The fourth-order valence-electron chi connectivity index (χ4n) is 6.71. The van der Waals surface area contributed by atoms with E-state index >= 15 is 0 Å². The van der Waals surface area contributed by atoms with Crippen LogP contribution in [0.3, 0.4) is 0 Å².